The van der Waals surface area contributed by atoms with Crippen LogP contribution in [0.3, 0.4) is 0 Å². The lowest BCUT2D eigenvalue weighted by Crippen LogP contribution is -2.26. The number of benzene rings is 1. The van der Waals surface area contributed by atoms with Gasteiger partial charge in [0.05, 0.1) is 0 Å². The van der Waals surface area contributed by atoms with Crippen molar-refractivity contribution in [3.05, 3.63) is 24.3 Å². The van der Waals surface area contributed by atoms with E-state index in [2.05, 4.69) is 13.8 Å². The van der Waals surface area contributed by atoms with E-state index in [1.54, 1.807) is 36.2 Å². The number of hydrogen-bond donors (Lipinski definition) is 1. The highest BCUT2D eigenvalue weighted by molar-refractivity contribution is 5.92. The first-order valence-electron chi connectivity index (χ1n) is 6.61. The maximum Gasteiger partial charge on any atom is 0.341 e. The standard InChI is InChI=1S/C15H21NO4/c1-11(2)4-9-14(17)16(3)12-5-7-13(8-6-12)20-10-15(18)19/h5-8,11H,4,9-10H2,1-3H3,(H,18,19). The van der Waals surface area contributed by atoms with Crippen LogP contribution in [-0.2, 0) is 9.59 Å². The zero-order valence-electron chi connectivity index (χ0n) is 12.1. The number of carboxylic acid groups (broad SMARTS) is 1. The largest absolute Gasteiger partial charge is 0.482 e. The van der Waals surface area contributed by atoms with Crippen LogP contribution in [0.4, 0.5) is 5.69 Å². The van der Waals surface area contributed by atoms with E-state index >= 15 is 0 Å². The Morgan fingerprint density at radius 3 is 2.35 bits per heavy atom. The Kier molecular flexibility index (Phi) is 6.03. The van der Waals surface area contributed by atoms with Crippen LogP contribution in [0.5, 0.6) is 5.75 Å². The van der Waals surface area contributed by atoms with Gasteiger partial charge in [0.1, 0.15) is 5.75 Å². The van der Waals surface area contributed by atoms with E-state index in [4.69, 9.17) is 9.84 Å². The Labute approximate surface area is 119 Å². The van der Waals surface area contributed by atoms with Gasteiger partial charge >= 0.3 is 5.97 Å². The molecule has 0 heterocycles. The first kappa shape index (κ1) is 16.0. The first-order valence-corrected chi connectivity index (χ1v) is 6.61. The van der Waals surface area contributed by atoms with Crippen LogP contribution in [0.15, 0.2) is 24.3 Å². The normalized spacial score (nSPS) is 10.4. The molecule has 1 amide bonds. The number of aliphatic carboxylic acids is 1. The van der Waals surface area contributed by atoms with Crippen molar-refractivity contribution in [2.75, 3.05) is 18.6 Å². The predicted octanol–water partition coefficient (Wildman–Crippen LogP) is 2.55. The molecule has 0 atom stereocenters. The summed E-state index contributed by atoms with van der Waals surface area (Å²) in [7, 11) is 1.73. The van der Waals surface area contributed by atoms with Gasteiger partial charge < -0.3 is 14.7 Å². The maximum absolute atomic E-state index is 12.0. The average Bonchev–Trinajstić information content (AvgIpc) is 2.42. The molecule has 0 fully saturated rings. The lowest BCUT2D eigenvalue weighted by Gasteiger charge is -2.18. The molecule has 0 aliphatic carbocycles. The molecule has 1 aromatic rings. The highest BCUT2D eigenvalue weighted by Gasteiger charge is 2.11. The molecule has 0 aromatic heterocycles. The van der Waals surface area contributed by atoms with Gasteiger partial charge in [0.15, 0.2) is 6.61 Å². The van der Waals surface area contributed by atoms with Gasteiger partial charge in [0, 0.05) is 19.2 Å². The number of carbonyl (C=O) groups is 2. The van der Waals surface area contributed by atoms with Crippen LogP contribution in [0.1, 0.15) is 26.7 Å². The van der Waals surface area contributed by atoms with Gasteiger partial charge in [-0.05, 0) is 36.6 Å². The molecular formula is C15H21NO4. The van der Waals surface area contributed by atoms with Crippen molar-refractivity contribution in [1.82, 2.24) is 0 Å². The summed E-state index contributed by atoms with van der Waals surface area (Å²) in [5.74, 6) is 0.0197. The Morgan fingerprint density at radius 1 is 1.25 bits per heavy atom. The van der Waals surface area contributed by atoms with Gasteiger partial charge in [-0.2, -0.15) is 0 Å². The smallest absolute Gasteiger partial charge is 0.341 e. The van der Waals surface area contributed by atoms with Crippen molar-refractivity contribution in [2.45, 2.75) is 26.7 Å². The number of carbonyl (C=O) groups excluding carboxylic acids is 1. The third-order valence-corrected chi connectivity index (χ3v) is 2.90. The minimum atomic E-state index is -1.02. The van der Waals surface area contributed by atoms with E-state index < -0.39 is 5.97 Å². The quantitative estimate of drug-likeness (QED) is 0.833. The molecule has 0 unspecified atom stereocenters. The number of amides is 1. The van der Waals surface area contributed by atoms with E-state index in [9.17, 15) is 9.59 Å². The molecule has 5 nitrogen and oxygen atoms in total. The van der Waals surface area contributed by atoms with Crippen LogP contribution in [-0.4, -0.2) is 30.6 Å². The van der Waals surface area contributed by atoms with Gasteiger partial charge in [0.25, 0.3) is 0 Å². The summed E-state index contributed by atoms with van der Waals surface area (Å²) in [5, 5.41) is 8.52. The molecule has 20 heavy (non-hydrogen) atoms. The Hall–Kier alpha value is -2.04. The zero-order chi connectivity index (χ0) is 15.1. The van der Waals surface area contributed by atoms with E-state index in [-0.39, 0.29) is 12.5 Å². The Bertz CT molecular complexity index is 453. The molecule has 1 rings (SSSR count). The molecule has 0 bridgehead atoms. The van der Waals surface area contributed by atoms with E-state index in [1.165, 1.54) is 0 Å². The molecule has 0 saturated heterocycles. The summed E-state index contributed by atoms with van der Waals surface area (Å²) in [6.07, 6.45) is 1.38. The fourth-order valence-electron chi connectivity index (χ4n) is 1.63. The summed E-state index contributed by atoms with van der Waals surface area (Å²) in [6, 6.07) is 6.80. The summed E-state index contributed by atoms with van der Waals surface area (Å²) >= 11 is 0. The number of hydrogen-bond acceptors (Lipinski definition) is 3. The molecular weight excluding hydrogens is 258 g/mol. The van der Waals surface area contributed by atoms with Crippen LogP contribution >= 0.6 is 0 Å². The maximum atomic E-state index is 12.0. The minimum Gasteiger partial charge on any atom is -0.482 e. The van der Waals surface area contributed by atoms with Crippen molar-refractivity contribution in [2.24, 2.45) is 5.92 Å². The van der Waals surface area contributed by atoms with E-state index in [1.807, 2.05) is 0 Å². The highest BCUT2D eigenvalue weighted by atomic mass is 16.5. The van der Waals surface area contributed by atoms with Crippen molar-refractivity contribution < 1.29 is 19.4 Å². The van der Waals surface area contributed by atoms with Crippen molar-refractivity contribution in [3.8, 4) is 5.75 Å². The second kappa shape index (κ2) is 7.53. The van der Waals surface area contributed by atoms with Gasteiger partial charge in [-0.15, -0.1) is 0 Å². The molecule has 0 spiro atoms. The summed E-state index contributed by atoms with van der Waals surface area (Å²) in [6.45, 7) is 3.80. The fraction of sp³-hybridized carbons (Fsp3) is 0.467. The molecule has 0 radical (unpaired) electrons. The molecule has 0 saturated carbocycles. The van der Waals surface area contributed by atoms with Gasteiger partial charge in [-0.25, -0.2) is 4.79 Å². The number of nitrogens with zero attached hydrogens (tertiary/aromatic N) is 1. The SMILES string of the molecule is CC(C)CCC(=O)N(C)c1ccc(OCC(=O)O)cc1. The lowest BCUT2D eigenvalue weighted by atomic mass is 10.1. The molecule has 0 aliphatic heterocycles. The summed E-state index contributed by atoms with van der Waals surface area (Å²) < 4.78 is 5.04. The highest BCUT2D eigenvalue weighted by Crippen LogP contribution is 2.19. The van der Waals surface area contributed by atoms with Crippen LogP contribution < -0.4 is 9.64 Å². The first-order chi connectivity index (χ1) is 9.40. The fourth-order valence-corrected chi connectivity index (χ4v) is 1.63. The van der Waals surface area contributed by atoms with Crippen LogP contribution in [0, 0.1) is 5.92 Å². The van der Waals surface area contributed by atoms with Crippen molar-refractivity contribution in [3.63, 3.8) is 0 Å². The molecule has 1 aromatic carbocycles. The van der Waals surface area contributed by atoms with Crippen LogP contribution in [0.25, 0.3) is 0 Å². The topological polar surface area (TPSA) is 66.8 Å². The van der Waals surface area contributed by atoms with Crippen molar-refractivity contribution >= 4 is 17.6 Å². The second-order valence-corrected chi connectivity index (χ2v) is 5.06. The lowest BCUT2D eigenvalue weighted by molar-refractivity contribution is -0.139. The monoisotopic (exact) mass is 279 g/mol. The molecule has 1 N–H and O–H groups in total. The average molecular weight is 279 g/mol. The number of rotatable bonds is 7. The third kappa shape index (κ3) is 5.30. The molecule has 5 heteroatoms. The van der Waals surface area contributed by atoms with Gasteiger partial charge in [-0.3, -0.25) is 4.79 Å². The third-order valence-electron chi connectivity index (χ3n) is 2.90. The van der Waals surface area contributed by atoms with Gasteiger partial charge in [-0.1, -0.05) is 13.8 Å². The second-order valence-electron chi connectivity index (χ2n) is 5.06. The molecule has 110 valence electrons. The predicted molar refractivity (Wildman–Crippen MR) is 77.1 cm³/mol. The number of carboxylic acids is 1. The number of anilines is 1. The Balaban J connectivity index is 2.58. The molecule has 0 aliphatic rings. The zero-order valence-corrected chi connectivity index (χ0v) is 12.1. The number of ether oxygens (including phenoxy) is 1. The Morgan fingerprint density at radius 2 is 1.85 bits per heavy atom. The minimum absolute atomic E-state index is 0.0675. The van der Waals surface area contributed by atoms with Crippen molar-refractivity contribution in [1.29, 1.82) is 0 Å². The van der Waals surface area contributed by atoms with Gasteiger partial charge in [0.2, 0.25) is 5.91 Å². The van der Waals surface area contributed by atoms with E-state index in [0.717, 1.165) is 12.1 Å². The summed E-state index contributed by atoms with van der Waals surface area (Å²) in [5.41, 5.74) is 0.765. The van der Waals surface area contributed by atoms with Crippen LogP contribution in [0.2, 0.25) is 0 Å². The summed E-state index contributed by atoms with van der Waals surface area (Å²) in [4.78, 5) is 24.0. The van der Waals surface area contributed by atoms with E-state index in [0.29, 0.717) is 18.1 Å².